The minimum Gasteiger partial charge on any atom is -0.329 e. The molecule has 1 aromatic rings. The van der Waals surface area contributed by atoms with Crippen LogP contribution in [0.4, 0.5) is 0 Å². The zero-order valence-electron chi connectivity index (χ0n) is 11.5. The second-order valence-corrected chi connectivity index (χ2v) is 5.66. The van der Waals surface area contributed by atoms with E-state index in [4.69, 9.17) is 5.73 Å². The number of likely N-dealkylation sites (tertiary alicyclic amines) is 1. The van der Waals surface area contributed by atoms with Crippen molar-refractivity contribution in [2.24, 2.45) is 11.7 Å². The van der Waals surface area contributed by atoms with Gasteiger partial charge in [-0.15, -0.1) is 0 Å². The molecule has 0 aromatic heterocycles. The normalized spacial score (nSPS) is 22.9. The summed E-state index contributed by atoms with van der Waals surface area (Å²) in [5, 5.41) is 0. The summed E-state index contributed by atoms with van der Waals surface area (Å²) in [6, 6.07) is 11.3. The summed E-state index contributed by atoms with van der Waals surface area (Å²) in [4.78, 5) is 2.61. The van der Waals surface area contributed by atoms with Crippen LogP contribution in [0.5, 0.6) is 0 Å². The van der Waals surface area contributed by atoms with Crippen molar-refractivity contribution in [2.45, 2.75) is 38.6 Å². The Morgan fingerprint density at radius 1 is 1.33 bits per heavy atom. The van der Waals surface area contributed by atoms with E-state index >= 15 is 0 Å². The van der Waals surface area contributed by atoms with E-state index in [0.29, 0.717) is 6.04 Å². The third kappa shape index (κ3) is 3.82. The van der Waals surface area contributed by atoms with Crippen molar-refractivity contribution in [3.05, 3.63) is 35.9 Å². The topological polar surface area (TPSA) is 29.3 Å². The quantitative estimate of drug-likeness (QED) is 0.865. The molecule has 2 atom stereocenters. The molecule has 2 heteroatoms. The monoisotopic (exact) mass is 246 g/mol. The first kappa shape index (κ1) is 13.6. The van der Waals surface area contributed by atoms with E-state index in [1.165, 1.54) is 37.9 Å². The van der Waals surface area contributed by atoms with Crippen molar-refractivity contribution in [3.8, 4) is 0 Å². The maximum Gasteiger partial charge on any atom is 0.0221 e. The van der Waals surface area contributed by atoms with Gasteiger partial charge in [-0.05, 0) is 43.7 Å². The maximum absolute atomic E-state index is 5.97. The number of piperidine rings is 1. The Bertz CT molecular complexity index is 336. The molecule has 0 amide bonds. The van der Waals surface area contributed by atoms with Gasteiger partial charge in [0.2, 0.25) is 0 Å². The zero-order chi connectivity index (χ0) is 12.8. The van der Waals surface area contributed by atoms with Crippen molar-refractivity contribution < 1.29 is 0 Å². The van der Waals surface area contributed by atoms with Gasteiger partial charge in [-0.3, -0.25) is 4.90 Å². The smallest absolute Gasteiger partial charge is 0.0221 e. The third-order valence-corrected chi connectivity index (χ3v) is 4.09. The van der Waals surface area contributed by atoms with Crippen molar-refractivity contribution in [1.29, 1.82) is 0 Å². The summed E-state index contributed by atoms with van der Waals surface area (Å²) in [6.45, 7) is 5.62. The summed E-state index contributed by atoms with van der Waals surface area (Å²) in [5.74, 6) is 0.838. The molecule has 2 unspecified atom stereocenters. The maximum atomic E-state index is 5.97. The highest BCUT2D eigenvalue weighted by molar-refractivity contribution is 5.14. The molecule has 0 saturated carbocycles. The highest BCUT2D eigenvalue weighted by atomic mass is 15.2. The van der Waals surface area contributed by atoms with E-state index < -0.39 is 0 Å². The Morgan fingerprint density at radius 3 is 2.78 bits per heavy atom. The number of aryl methyl sites for hydroxylation is 1. The van der Waals surface area contributed by atoms with Gasteiger partial charge in [-0.2, -0.15) is 0 Å². The molecule has 100 valence electrons. The highest BCUT2D eigenvalue weighted by Gasteiger charge is 2.22. The average Bonchev–Trinajstić information content (AvgIpc) is 2.41. The molecule has 0 bridgehead atoms. The van der Waals surface area contributed by atoms with Gasteiger partial charge in [0.25, 0.3) is 0 Å². The van der Waals surface area contributed by atoms with E-state index in [1.807, 2.05) is 0 Å². The van der Waals surface area contributed by atoms with Crippen molar-refractivity contribution in [3.63, 3.8) is 0 Å². The molecule has 2 rings (SSSR count). The standard InChI is InChI=1S/C16H26N2/c1-14-6-5-11-18(13-14)16(12-17)10-9-15-7-3-2-4-8-15/h2-4,7-8,14,16H,5-6,9-13,17H2,1H3. The Hall–Kier alpha value is -0.860. The molecule has 2 nitrogen and oxygen atoms in total. The van der Waals surface area contributed by atoms with Crippen LogP contribution in [-0.2, 0) is 6.42 Å². The van der Waals surface area contributed by atoms with Crippen LogP contribution in [0.1, 0.15) is 31.7 Å². The van der Waals surface area contributed by atoms with Crippen molar-refractivity contribution >= 4 is 0 Å². The lowest BCUT2D eigenvalue weighted by Crippen LogP contribution is -2.46. The van der Waals surface area contributed by atoms with Crippen LogP contribution in [0.2, 0.25) is 0 Å². The summed E-state index contributed by atoms with van der Waals surface area (Å²) in [6.07, 6.45) is 5.05. The first-order chi connectivity index (χ1) is 8.79. The summed E-state index contributed by atoms with van der Waals surface area (Å²) in [5.41, 5.74) is 7.40. The lowest BCUT2D eigenvalue weighted by Gasteiger charge is -2.37. The minimum atomic E-state index is 0.563. The molecule has 1 aliphatic heterocycles. The van der Waals surface area contributed by atoms with E-state index in [9.17, 15) is 0 Å². The fourth-order valence-corrected chi connectivity index (χ4v) is 2.98. The van der Waals surface area contributed by atoms with E-state index in [2.05, 4.69) is 42.2 Å². The SMILES string of the molecule is CC1CCCN(C(CN)CCc2ccccc2)C1. The molecule has 2 N–H and O–H groups in total. The number of hydrogen-bond acceptors (Lipinski definition) is 2. The first-order valence-corrected chi connectivity index (χ1v) is 7.27. The van der Waals surface area contributed by atoms with E-state index in [-0.39, 0.29) is 0 Å². The number of rotatable bonds is 5. The van der Waals surface area contributed by atoms with Crippen LogP contribution in [0.15, 0.2) is 30.3 Å². The second kappa shape index (κ2) is 6.91. The van der Waals surface area contributed by atoms with Crippen LogP contribution in [-0.4, -0.2) is 30.6 Å². The number of benzene rings is 1. The molecular weight excluding hydrogens is 220 g/mol. The third-order valence-electron chi connectivity index (χ3n) is 4.09. The molecule has 1 aromatic carbocycles. The Labute approximate surface area is 111 Å². The van der Waals surface area contributed by atoms with Gasteiger partial charge in [0.05, 0.1) is 0 Å². The van der Waals surface area contributed by atoms with E-state index in [1.54, 1.807) is 0 Å². The van der Waals surface area contributed by atoms with Crippen LogP contribution in [0.3, 0.4) is 0 Å². The molecule has 0 aliphatic carbocycles. The fraction of sp³-hybridized carbons (Fsp3) is 0.625. The molecule has 1 saturated heterocycles. The molecule has 1 heterocycles. The molecule has 18 heavy (non-hydrogen) atoms. The van der Waals surface area contributed by atoms with Crippen LogP contribution in [0, 0.1) is 5.92 Å². The van der Waals surface area contributed by atoms with Crippen LogP contribution >= 0.6 is 0 Å². The summed E-state index contributed by atoms with van der Waals surface area (Å²) in [7, 11) is 0. The first-order valence-electron chi connectivity index (χ1n) is 7.27. The Kier molecular flexibility index (Phi) is 5.21. The van der Waals surface area contributed by atoms with Crippen LogP contribution in [0.25, 0.3) is 0 Å². The lowest BCUT2D eigenvalue weighted by atomic mass is 9.96. The van der Waals surface area contributed by atoms with Crippen LogP contribution < -0.4 is 5.73 Å². The fourth-order valence-electron chi connectivity index (χ4n) is 2.98. The number of nitrogens with two attached hydrogens (primary N) is 1. The molecule has 0 radical (unpaired) electrons. The Morgan fingerprint density at radius 2 is 2.11 bits per heavy atom. The predicted molar refractivity (Wildman–Crippen MR) is 77.6 cm³/mol. The van der Waals surface area contributed by atoms with Gasteiger partial charge in [0.15, 0.2) is 0 Å². The molecule has 1 fully saturated rings. The second-order valence-electron chi connectivity index (χ2n) is 5.66. The van der Waals surface area contributed by atoms with E-state index in [0.717, 1.165) is 18.9 Å². The predicted octanol–water partition coefficient (Wildman–Crippen LogP) is 2.68. The number of hydrogen-bond donors (Lipinski definition) is 1. The van der Waals surface area contributed by atoms with Gasteiger partial charge < -0.3 is 5.73 Å². The van der Waals surface area contributed by atoms with Gasteiger partial charge in [0, 0.05) is 19.1 Å². The van der Waals surface area contributed by atoms with Crippen molar-refractivity contribution in [1.82, 2.24) is 4.90 Å². The molecule has 1 aliphatic rings. The van der Waals surface area contributed by atoms with Gasteiger partial charge in [0.1, 0.15) is 0 Å². The summed E-state index contributed by atoms with van der Waals surface area (Å²) < 4.78 is 0. The van der Waals surface area contributed by atoms with Gasteiger partial charge in [-0.25, -0.2) is 0 Å². The largest absolute Gasteiger partial charge is 0.329 e. The highest BCUT2D eigenvalue weighted by Crippen LogP contribution is 2.19. The minimum absolute atomic E-state index is 0.563. The molecular formula is C16H26N2. The van der Waals surface area contributed by atoms with Gasteiger partial charge in [-0.1, -0.05) is 37.3 Å². The average molecular weight is 246 g/mol. The Balaban J connectivity index is 1.85. The molecule has 0 spiro atoms. The van der Waals surface area contributed by atoms with Gasteiger partial charge >= 0.3 is 0 Å². The summed E-state index contributed by atoms with van der Waals surface area (Å²) >= 11 is 0. The number of nitrogens with zero attached hydrogens (tertiary/aromatic N) is 1. The lowest BCUT2D eigenvalue weighted by molar-refractivity contribution is 0.127. The van der Waals surface area contributed by atoms with Crippen molar-refractivity contribution in [2.75, 3.05) is 19.6 Å². The zero-order valence-corrected chi connectivity index (χ0v) is 11.5.